The third-order valence-corrected chi connectivity index (χ3v) is 3.23. The predicted octanol–water partition coefficient (Wildman–Crippen LogP) is 3.54. The lowest BCUT2D eigenvalue weighted by Gasteiger charge is -2.13. The Labute approximate surface area is 127 Å². The predicted molar refractivity (Wildman–Crippen MR) is 81.5 cm³/mol. The van der Waals surface area contributed by atoms with Crippen LogP contribution in [-0.2, 0) is 9.59 Å². The summed E-state index contributed by atoms with van der Waals surface area (Å²) in [5.41, 5.74) is 1.15. The van der Waals surface area contributed by atoms with Crippen LogP contribution in [0.15, 0.2) is 54.6 Å². The molecule has 21 heavy (non-hydrogen) atoms. The Bertz CT molecular complexity index is 643. The Morgan fingerprint density at radius 2 is 1.81 bits per heavy atom. The van der Waals surface area contributed by atoms with Gasteiger partial charge >= 0.3 is 5.97 Å². The minimum absolute atomic E-state index is 0.133. The fourth-order valence-corrected chi connectivity index (χ4v) is 2.19. The molecule has 2 aromatic rings. The number of hydrogen-bond acceptors (Lipinski definition) is 2. The van der Waals surface area contributed by atoms with Crippen LogP contribution in [-0.4, -0.2) is 17.0 Å². The first-order valence-electron chi connectivity index (χ1n) is 6.39. The largest absolute Gasteiger partial charge is 0.481 e. The molecule has 0 aliphatic heterocycles. The van der Waals surface area contributed by atoms with Crippen LogP contribution in [0, 0.1) is 0 Å². The van der Waals surface area contributed by atoms with Crippen molar-refractivity contribution in [2.45, 2.75) is 12.3 Å². The van der Waals surface area contributed by atoms with E-state index in [2.05, 4.69) is 5.32 Å². The van der Waals surface area contributed by atoms with Gasteiger partial charge in [0.05, 0.1) is 5.92 Å². The van der Waals surface area contributed by atoms with E-state index in [9.17, 15) is 14.7 Å². The number of hydrogen-bond donors (Lipinski definition) is 2. The number of carboxylic acid groups (broad SMARTS) is 1. The number of carbonyl (C=O) groups is 2. The Morgan fingerprint density at radius 3 is 2.43 bits per heavy atom. The molecule has 1 unspecified atom stereocenters. The summed E-state index contributed by atoms with van der Waals surface area (Å²) in [6.07, 6.45) is -0.133. The molecular weight excluding hydrogens is 290 g/mol. The summed E-state index contributed by atoms with van der Waals surface area (Å²) in [7, 11) is 0. The zero-order valence-electron chi connectivity index (χ0n) is 11.1. The molecule has 1 atom stereocenters. The second-order valence-electron chi connectivity index (χ2n) is 4.56. The van der Waals surface area contributed by atoms with Crippen LogP contribution < -0.4 is 5.32 Å². The van der Waals surface area contributed by atoms with Gasteiger partial charge in [-0.05, 0) is 23.8 Å². The van der Waals surface area contributed by atoms with Gasteiger partial charge in [0.25, 0.3) is 0 Å². The number of nitrogens with one attached hydrogen (secondary N) is 1. The topological polar surface area (TPSA) is 66.4 Å². The van der Waals surface area contributed by atoms with E-state index < -0.39 is 11.9 Å². The fraction of sp³-hybridized carbons (Fsp3) is 0.125. The monoisotopic (exact) mass is 303 g/mol. The van der Waals surface area contributed by atoms with Crippen LogP contribution in [0.5, 0.6) is 0 Å². The summed E-state index contributed by atoms with van der Waals surface area (Å²) in [5, 5.41) is 12.4. The Morgan fingerprint density at radius 1 is 1.10 bits per heavy atom. The number of rotatable bonds is 5. The molecule has 0 radical (unpaired) electrons. The minimum Gasteiger partial charge on any atom is -0.481 e. The molecule has 2 rings (SSSR count). The van der Waals surface area contributed by atoms with Crippen molar-refractivity contribution in [3.63, 3.8) is 0 Å². The number of benzene rings is 2. The normalized spacial score (nSPS) is 11.7. The molecule has 108 valence electrons. The quantitative estimate of drug-likeness (QED) is 0.888. The van der Waals surface area contributed by atoms with E-state index in [-0.39, 0.29) is 12.3 Å². The van der Waals surface area contributed by atoms with Gasteiger partial charge in [-0.15, -0.1) is 0 Å². The highest BCUT2D eigenvalue weighted by Crippen LogP contribution is 2.21. The van der Waals surface area contributed by atoms with Gasteiger partial charge in [-0.1, -0.05) is 48.0 Å². The Kier molecular flexibility index (Phi) is 4.95. The highest BCUT2D eigenvalue weighted by Gasteiger charge is 2.23. The van der Waals surface area contributed by atoms with Crippen LogP contribution >= 0.6 is 11.6 Å². The average molecular weight is 304 g/mol. The van der Waals surface area contributed by atoms with Gasteiger partial charge in [0.15, 0.2) is 0 Å². The lowest BCUT2D eigenvalue weighted by atomic mass is 9.95. The second kappa shape index (κ2) is 6.90. The van der Waals surface area contributed by atoms with E-state index >= 15 is 0 Å². The van der Waals surface area contributed by atoms with Gasteiger partial charge in [-0.25, -0.2) is 0 Å². The van der Waals surface area contributed by atoms with E-state index in [0.717, 1.165) is 0 Å². The van der Waals surface area contributed by atoms with Crippen LogP contribution in [0.4, 0.5) is 5.69 Å². The maximum Gasteiger partial charge on any atom is 0.311 e. The standard InChI is InChI=1S/C16H14ClNO3/c17-12-7-4-8-13(9-12)18-15(19)10-14(16(20)21)11-5-2-1-3-6-11/h1-9,14H,10H2,(H,18,19)(H,20,21). The molecule has 4 nitrogen and oxygen atoms in total. The number of anilines is 1. The summed E-state index contributed by atoms with van der Waals surface area (Å²) in [6, 6.07) is 15.4. The summed E-state index contributed by atoms with van der Waals surface area (Å²) in [6.45, 7) is 0. The van der Waals surface area contributed by atoms with Crippen molar-refractivity contribution in [3.8, 4) is 0 Å². The molecule has 0 saturated heterocycles. The Balaban J connectivity index is 2.07. The maximum absolute atomic E-state index is 12.0. The van der Waals surface area contributed by atoms with E-state index in [1.54, 1.807) is 54.6 Å². The van der Waals surface area contributed by atoms with Crippen molar-refractivity contribution in [2.75, 3.05) is 5.32 Å². The first-order valence-corrected chi connectivity index (χ1v) is 6.77. The molecule has 2 N–H and O–H groups in total. The molecule has 0 spiro atoms. The van der Waals surface area contributed by atoms with Gasteiger partial charge in [0, 0.05) is 17.1 Å². The van der Waals surface area contributed by atoms with Crippen molar-refractivity contribution in [1.82, 2.24) is 0 Å². The highest BCUT2D eigenvalue weighted by molar-refractivity contribution is 6.30. The van der Waals surface area contributed by atoms with Gasteiger partial charge in [0.2, 0.25) is 5.91 Å². The van der Waals surface area contributed by atoms with Crippen molar-refractivity contribution < 1.29 is 14.7 Å². The van der Waals surface area contributed by atoms with E-state index in [4.69, 9.17) is 11.6 Å². The SMILES string of the molecule is O=C(CC(C(=O)O)c1ccccc1)Nc1cccc(Cl)c1. The Hall–Kier alpha value is -2.33. The minimum atomic E-state index is -1.03. The zero-order valence-corrected chi connectivity index (χ0v) is 11.9. The van der Waals surface area contributed by atoms with E-state index in [1.165, 1.54) is 0 Å². The summed E-state index contributed by atoms with van der Waals surface area (Å²) < 4.78 is 0. The molecule has 0 aromatic heterocycles. The smallest absolute Gasteiger partial charge is 0.311 e. The highest BCUT2D eigenvalue weighted by atomic mass is 35.5. The molecule has 0 saturated carbocycles. The van der Waals surface area contributed by atoms with Crippen molar-refractivity contribution in [2.24, 2.45) is 0 Å². The number of halogens is 1. The lowest BCUT2D eigenvalue weighted by molar-refractivity contribution is -0.140. The van der Waals surface area contributed by atoms with Crippen LogP contribution in [0.3, 0.4) is 0 Å². The zero-order chi connectivity index (χ0) is 15.2. The second-order valence-corrected chi connectivity index (χ2v) is 5.00. The number of amides is 1. The number of aliphatic carboxylic acids is 1. The molecule has 1 amide bonds. The number of carbonyl (C=O) groups excluding carboxylic acids is 1. The average Bonchev–Trinajstić information content (AvgIpc) is 2.45. The summed E-state index contributed by atoms with van der Waals surface area (Å²) in [4.78, 5) is 23.3. The van der Waals surface area contributed by atoms with Crippen LogP contribution in [0.1, 0.15) is 17.9 Å². The van der Waals surface area contributed by atoms with Gasteiger partial charge in [-0.2, -0.15) is 0 Å². The molecular formula is C16H14ClNO3. The van der Waals surface area contributed by atoms with Crippen molar-refractivity contribution >= 4 is 29.2 Å². The van der Waals surface area contributed by atoms with Gasteiger partial charge in [0.1, 0.15) is 0 Å². The van der Waals surface area contributed by atoms with Crippen LogP contribution in [0.2, 0.25) is 5.02 Å². The molecule has 0 aliphatic carbocycles. The molecule has 0 aliphatic rings. The van der Waals surface area contributed by atoms with Crippen molar-refractivity contribution in [3.05, 3.63) is 65.2 Å². The van der Waals surface area contributed by atoms with Gasteiger partial charge < -0.3 is 10.4 Å². The van der Waals surface area contributed by atoms with Crippen molar-refractivity contribution in [1.29, 1.82) is 0 Å². The third-order valence-electron chi connectivity index (χ3n) is 3.00. The maximum atomic E-state index is 12.0. The molecule has 2 aromatic carbocycles. The molecule has 5 heteroatoms. The summed E-state index contributed by atoms with van der Waals surface area (Å²) >= 11 is 5.83. The first-order chi connectivity index (χ1) is 10.1. The number of carboxylic acids is 1. The third kappa shape index (κ3) is 4.33. The molecule has 0 bridgehead atoms. The molecule has 0 fully saturated rings. The van der Waals surface area contributed by atoms with Gasteiger partial charge in [-0.3, -0.25) is 9.59 Å². The summed E-state index contributed by atoms with van der Waals surface area (Å²) in [5.74, 6) is -2.26. The van der Waals surface area contributed by atoms with E-state index in [1.807, 2.05) is 0 Å². The van der Waals surface area contributed by atoms with Crippen LogP contribution in [0.25, 0.3) is 0 Å². The van der Waals surface area contributed by atoms with E-state index in [0.29, 0.717) is 16.3 Å². The lowest BCUT2D eigenvalue weighted by Crippen LogP contribution is -2.20. The molecule has 0 heterocycles. The first kappa shape index (κ1) is 15.1. The fourth-order valence-electron chi connectivity index (χ4n) is 2.00.